The highest BCUT2D eigenvalue weighted by Gasteiger charge is 2.39. The lowest BCUT2D eigenvalue weighted by Gasteiger charge is -2.20. The van der Waals surface area contributed by atoms with Gasteiger partial charge in [-0.2, -0.15) is 0 Å². The molecule has 2 bridgehead atoms. The normalized spacial score (nSPS) is 26.5. The van der Waals surface area contributed by atoms with Crippen LogP contribution in [0.4, 0.5) is 0 Å². The van der Waals surface area contributed by atoms with E-state index in [1.165, 1.54) is 35.9 Å². The van der Waals surface area contributed by atoms with Crippen LogP contribution in [0.3, 0.4) is 0 Å². The van der Waals surface area contributed by atoms with Crippen molar-refractivity contribution >= 4 is 29.0 Å². The summed E-state index contributed by atoms with van der Waals surface area (Å²) in [5.41, 5.74) is 0. The number of aromatic nitrogens is 1. The lowest BCUT2D eigenvalue weighted by molar-refractivity contribution is 0.0935. The molecule has 4 rings (SSSR count). The summed E-state index contributed by atoms with van der Waals surface area (Å²) in [4.78, 5) is 17.3. The van der Waals surface area contributed by atoms with Crippen molar-refractivity contribution in [3.63, 3.8) is 0 Å². The second kappa shape index (κ2) is 5.72. The maximum absolute atomic E-state index is 12.4. The summed E-state index contributed by atoms with van der Waals surface area (Å²) < 4.78 is 6.46. The zero-order valence-corrected chi connectivity index (χ0v) is 13.8. The maximum Gasteiger partial charge on any atom is 0.261 e. The predicted octanol–water partition coefficient (Wildman–Crippen LogP) is 2.82. The van der Waals surface area contributed by atoms with Gasteiger partial charge in [0.2, 0.25) is 0 Å². The molecule has 0 radical (unpaired) electrons. The summed E-state index contributed by atoms with van der Waals surface area (Å²) in [6.45, 7) is 1.87. The number of oxazole rings is 1. The molecule has 0 spiro atoms. The van der Waals surface area contributed by atoms with Gasteiger partial charge in [-0.05, 0) is 50.1 Å². The first-order valence-corrected chi connectivity index (χ1v) is 9.08. The number of amides is 1. The summed E-state index contributed by atoms with van der Waals surface area (Å²) in [5, 5.41) is 7.32. The van der Waals surface area contributed by atoms with E-state index in [4.69, 9.17) is 4.42 Å². The molecule has 0 aliphatic carbocycles. The second-order valence-electron chi connectivity index (χ2n) is 5.82. The molecule has 7 heteroatoms. The van der Waals surface area contributed by atoms with Crippen LogP contribution in [0.1, 0.15) is 34.7 Å². The van der Waals surface area contributed by atoms with Gasteiger partial charge in [0.05, 0.1) is 15.3 Å². The van der Waals surface area contributed by atoms with Crippen molar-refractivity contribution in [2.75, 3.05) is 0 Å². The van der Waals surface area contributed by atoms with Crippen LogP contribution in [0.5, 0.6) is 0 Å². The van der Waals surface area contributed by atoms with Gasteiger partial charge >= 0.3 is 0 Å². The summed E-state index contributed by atoms with van der Waals surface area (Å²) in [5.74, 6) is 0.820. The Morgan fingerprint density at radius 2 is 2.41 bits per heavy atom. The SMILES string of the molecule is Cc1cnc(Sc2ccc(C(=O)N[C@@H]3C[C@H]4CC[C@@H]3N4)s2)o1. The van der Waals surface area contributed by atoms with E-state index in [9.17, 15) is 4.79 Å². The first-order chi connectivity index (χ1) is 10.7. The van der Waals surface area contributed by atoms with Crippen LogP contribution >= 0.6 is 23.1 Å². The van der Waals surface area contributed by atoms with E-state index in [0.29, 0.717) is 17.3 Å². The highest BCUT2D eigenvalue weighted by atomic mass is 32.2. The summed E-state index contributed by atoms with van der Waals surface area (Å²) in [6, 6.07) is 5.15. The van der Waals surface area contributed by atoms with Crippen molar-refractivity contribution < 1.29 is 9.21 Å². The molecule has 2 aliphatic rings. The number of hydrogen-bond acceptors (Lipinski definition) is 6. The molecule has 2 fully saturated rings. The van der Waals surface area contributed by atoms with Gasteiger partial charge in [-0.15, -0.1) is 11.3 Å². The van der Waals surface area contributed by atoms with Crippen molar-refractivity contribution in [3.8, 4) is 0 Å². The molecule has 5 nitrogen and oxygen atoms in total. The molecular formula is C15H17N3O2S2. The number of fused-ring (bicyclic) bond motifs is 2. The van der Waals surface area contributed by atoms with Crippen LogP contribution in [0.2, 0.25) is 0 Å². The minimum absolute atomic E-state index is 0.0276. The molecule has 0 unspecified atom stereocenters. The highest BCUT2D eigenvalue weighted by Crippen LogP contribution is 2.33. The first-order valence-electron chi connectivity index (χ1n) is 7.44. The Labute approximate surface area is 136 Å². The van der Waals surface area contributed by atoms with Crippen molar-refractivity contribution in [1.82, 2.24) is 15.6 Å². The minimum atomic E-state index is 0.0276. The van der Waals surface area contributed by atoms with Gasteiger partial charge in [0.15, 0.2) is 0 Å². The Kier molecular flexibility index (Phi) is 3.71. The molecule has 116 valence electrons. The molecule has 2 N–H and O–H groups in total. The number of hydrogen-bond donors (Lipinski definition) is 2. The molecule has 1 amide bonds. The third-order valence-corrected chi connectivity index (χ3v) is 6.29. The monoisotopic (exact) mass is 335 g/mol. The Hall–Kier alpha value is -1.31. The van der Waals surface area contributed by atoms with Crippen LogP contribution < -0.4 is 10.6 Å². The van der Waals surface area contributed by atoms with Crippen molar-refractivity contribution in [3.05, 3.63) is 29.0 Å². The molecule has 2 aromatic rings. The van der Waals surface area contributed by atoms with E-state index in [-0.39, 0.29) is 11.9 Å². The summed E-state index contributed by atoms with van der Waals surface area (Å²) in [6.07, 6.45) is 5.17. The molecular weight excluding hydrogens is 318 g/mol. The third kappa shape index (κ3) is 2.80. The molecule has 2 aromatic heterocycles. The zero-order valence-electron chi connectivity index (χ0n) is 12.2. The number of nitrogens with zero attached hydrogens (tertiary/aromatic N) is 1. The highest BCUT2D eigenvalue weighted by molar-refractivity contribution is 8.01. The maximum atomic E-state index is 12.4. The Morgan fingerprint density at radius 3 is 3.09 bits per heavy atom. The number of aryl methyl sites for hydroxylation is 1. The smallest absolute Gasteiger partial charge is 0.261 e. The average molecular weight is 335 g/mol. The fourth-order valence-corrected chi connectivity index (χ4v) is 5.06. The van der Waals surface area contributed by atoms with Crippen LogP contribution in [0, 0.1) is 6.92 Å². The molecule has 3 atom stereocenters. The van der Waals surface area contributed by atoms with E-state index in [2.05, 4.69) is 15.6 Å². The lowest BCUT2D eigenvalue weighted by Crippen LogP contribution is -2.42. The lowest BCUT2D eigenvalue weighted by atomic mass is 9.95. The Balaban J connectivity index is 1.39. The van der Waals surface area contributed by atoms with Crippen LogP contribution in [0.15, 0.2) is 32.2 Å². The Bertz CT molecular complexity index is 697. The van der Waals surface area contributed by atoms with Gasteiger partial charge in [-0.3, -0.25) is 4.79 Å². The second-order valence-corrected chi connectivity index (χ2v) is 8.16. The molecule has 0 aromatic carbocycles. The van der Waals surface area contributed by atoms with Crippen LogP contribution in [0.25, 0.3) is 0 Å². The number of carbonyl (C=O) groups excluding carboxylic acids is 1. The van der Waals surface area contributed by atoms with Gasteiger partial charge < -0.3 is 15.1 Å². The first kappa shape index (κ1) is 14.3. The van der Waals surface area contributed by atoms with E-state index in [0.717, 1.165) is 21.3 Å². The van der Waals surface area contributed by atoms with Crippen molar-refractivity contribution in [2.24, 2.45) is 0 Å². The predicted molar refractivity (Wildman–Crippen MR) is 85.5 cm³/mol. The van der Waals surface area contributed by atoms with E-state index >= 15 is 0 Å². The van der Waals surface area contributed by atoms with Crippen LogP contribution in [-0.4, -0.2) is 29.0 Å². The van der Waals surface area contributed by atoms with Gasteiger partial charge in [0.1, 0.15) is 5.76 Å². The number of nitrogens with one attached hydrogen (secondary N) is 2. The van der Waals surface area contributed by atoms with Gasteiger partial charge in [0, 0.05) is 18.1 Å². The number of carbonyl (C=O) groups is 1. The third-order valence-electron chi connectivity index (χ3n) is 4.21. The summed E-state index contributed by atoms with van der Waals surface area (Å²) in [7, 11) is 0. The number of rotatable bonds is 4. The average Bonchev–Trinajstić information content (AvgIpc) is 3.24. The fraction of sp³-hybridized carbons (Fsp3) is 0.467. The molecule has 2 aliphatic heterocycles. The van der Waals surface area contributed by atoms with Gasteiger partial charge in [-0.25, -0.2) is 4.98 Å². The van der Waals surface area contributed by atoms with Crippen molar-refractivity contribution in [2.45, 2.75) is 53.7 Å². The van der Waals surface area contributed by atoms with E-state index in [1.54, 1.807) is 6.20 Å². The molecule has 2 saturated heterocycles. The minimum Gasteiger partial charge on any atom is -0.437 e. The van der Waals surface area contributed by atoms with E-state index < -0.39 is 0 Å². The number of thiophene rings is 1. The largest absolute Gasteiger partial charge is 0.437 e. The molecule has 4 heterocycles. The quantitative estimate of drug-likeness (QED) is 0.899. The van der Waals surface area contributed by atoms with Gasteiger partial charge in [-0.1, -0.05) is 0 Å². The Morgan fingerprint density at radius 1 is 1.50 bits per heavy atom. The summed E-state index contributed by atoms with van der Waals surface area (Å²) >= 11 is 2.93. The van der Waals surface area contributed by atoms with Gasteiger partial charge in [0.25, 0.3) is 11.1 Å². The standard InChI is InChI=1S/C15H17N3O2S2/c1-8-7-16-15(20-8)22-13-5-4-12(21-13)14(19)18-11-6-9-2-3-10(11)17-9/h4-5,7,9-11,17H,2-3,6H2,1H3,(H,18,19)/t9-,10+,11-/m1/s1. The fourth-order valence-electron chi connectivity index (χ4n) is 3.19. The molecule has 22 heavy (non-hydrogen) atoms. The zero-order chi connectivity index (χ0) is 15.1. The molecule has 0 saturated carbocycles. The topological polar surface area (TPSA) is 67.2 Å². The van der Waals surface area contributed by atoms with Crippen molar-refractivity contribution in [1.29, 1.82) is 0 Å². The van der Waals surface area contributed by atoms with E-state index in [1.807, 2.05) is 19.1 Å². The van der Waals surface area contributed by atoms with Crippen LogP contribution in [-0.2, 0) is 0 Å².